The zero-order valence-corrected chi connectivity index (χ0v) is 14.0. The third kappa shape index (κ3) is 6.06. The highest BCUT2D eigenvalue weighted by Crippen LogP contribution is 2.25. The van der Waals surface area contributed by atoms with E-state index in [-0.39, 0.29) is 10.7 Å². The molecule has 1 aromatic rings. The van der Waals surface area contributed by atoms with Gasteiger partial charge in [0.2, 0.25) is 0 Å². The van der Waals surface area contributed by atoms with Crippen LogP contribution in [0, 0.1) is 0 Å². The Kier molecular flexibility index (Phi) is 6.69. The van der Waals surface area contributed by atoms with Crippen LogP contribution in [0.4, 0.5) is 0 Å². The van der Waals surface area contributed by atoms with E-state index in [1.807, 2.05) is 18.7 Å². The van der Waals surface area contributed by atoms with Crippen LogP contribution in [0.25, 0.3) is 0 Å². The van der Waals surface area contributed by atoms with Crippen molar-refractivity contribution < 1.29 is 9.53 Å². The minimum Gasteiger partial charge on any atom is -0.492 e. The fraction of sp³-hybridized carbons (Fsp3) is 0.533. The van der Waals surface area contributed by atoms with Gasteiger partial charge in [0, 0.05) is 22.6 Å². The van der Waals surface area contributed by atoms with E-state index in [2.05, 4.69) is 26.1 Å². The molecule has 0 radical (unpaired) electrons. The second-order valence-electron chi connectivity index (χ2n) is 5.29. The second kappa shape index (κ2) is 7.79. The Bertz CT molecular complexity index is 458. The van der Waals surface area contributed by atoms with E-state index >= 15 is 0 Å². The van der Waals surface area contributed by atoms with Crippen molar-refractivity contribution in [1.82, 2.24) is 5.32 Å². The monoisotopic (exact) mass is 315 g/mol. The molecule has 0 heterocycles. The van der Waals surface area contributed by atoms with Crippen LogP contribution in [0.15, 0.2) is 18.2 Å². The standard InChI is InChI=1S/C15H22ClNO2S/c1-5-19-13-7-6-11(10-12(13)16)14(18)17-8-9-20-15(2,3)4/h6-7,10H,5,8-9H2,1-4H3,(H,17,18). The molecule has 3 nitrogen and oxygen atoms in total. The van der Waals surface area contributed by atoms with E-state index in [0.717, 1.165) is 5.75 Å². The van der Waals surface area contributed by atoms with Gasteiger partial charge in [-0.1, -0.05) is 32.4 Å². The topological polar surface area (TPSA) is 38.3 Å². The van der Waals surface area contributed by atoms with E-state index in [1.54, 1.807) is 18.2 Å². The van der Waals surface area contributed by atoms with E-state index in [1.165, 1.54) is 0 Å². The molecule has 0 atom stereocenters. The number of hydrogen-bond acceptors (Lipinski definition) is 3. The fourth-order valence-corrected chi connectivity index (χ4v) is 2.59. The lowest BCUT2D eigenvalue weighted by atomic mass is 10.2. The molecule has 0 aromatic heterocycles. The Morgan fingerprint density at radius 2 is 2.10 bits per heavy atom. The molecule has 1 amide bonds. The Morgan fingerprint density at radius 3 is 2.65 bits per heavy atom. The van der Waals surface area contributed by atoms with Crippen molar-refractivity contribution in [3.63, 3.8) is 0 Å². The lowest BCUT2D eigenvalue weighted by Gasteiger charge is -2.17. The number of amides is 1. The zero-order valence-electron chi connectivity index (χ0n) is 12.5. The summed E-state index contributed by atoms with van der Waals surface area (Å²) in [4.78, 5) is 12.0. The van der Waals surface area contributed by atoms with Gasteiger partial charge in [-0.3, -0.25) is 4.79 Å². The summed E-state index contributed by atoms with van der Waals surface area (Å²) in [5.41, 5.74) is 0.555. The predicted molar refractivity (Wildman–Crippen MR) is 87.2 cm³/mol. The molecule has 0 saturated heterocycles. The first-order valence-electron chi connectivity index (χ1n) is 6.68. The molecular weight excluding hydrogens is 294 g/mol. The number of ether oxygens (including phenoxy) is 1. The van der Waals surface area contributed by atoms with Gasteiger partial charge in [0.15, 0.2) is 0 Å². The molecule has 0 aliphatic heterocycles. The highest BCUT2D eigenvalue weighted by molar-refractivity contribution is 8.00. The molecule has 0 aliphatic rings. The molecule has 1 rings (SSSR count). The summed E-state index contributed by atoms with van der Waals surface area (Å²) < 4.78 is 5.56. The number of carbonyl (C=O) groups is 1. The Balaban J connectivity index is 2.49. The molecule has 0 spiro atoms. The molecular formula is C15H22ClNO2S. The van der Waals surface area contributed by atoms with E-state index in [4.69, 9.17) is 16.3 Å². The van der Waals surface area contributed by atoms with Crippen LogP contribution in [0.2, 0.25) is 5.02 Å². The van der Waals surface area contributed by atoms with Gasteiger partial charge in [-0.25, -0.2) is 0 Å². The van der Waals surface area contributed by atoms with E-state index in [0.29, 0.717) is 29.5 Å². The summed E-state index contributed by atoms with van der Waals surface area (Å²) in [7, 11) is 0. The minimum atomic E-state index is -0.107. The predicted octanol–water partition coefficient (Wildman–Crippen LogP) is 4.00. The lowest BCUT2D eigenvalue weighted by molar-refractivity contribution is 0.0956. The largest absolute Gasteiger partial charge is 0.492 e. The Morgan fingerprint density at radius 1 is 1.40 bits per heavy atom. The van der Waals surface area contributed by atoms with Crippen LogP contribution >= 0.6 is 23.4 Å². The Labute approximate surface area is 130 Å². The van der Waals surface area contributed by atoms with Crippen LogP contribution in [-0.2, 0) is 0 Å². The average Bonchev–Trinajstić information content (AvgIpc) is 2.36. The van der Waals surface area contributed by atoms with Gasteiger partial charge < -0.3 is 10.1 Å². The molecule has 0 bridgehead atoms. The number of halogens is 1. The first-order valence-corrected chi connectivity index (χ1v) is 8.04. The van der Waals surface area contributed by atoms with Gasteiger partial charge >= 0.3 is 0 Å². The summed E-state index contributed by atoms with van der Waals surface area (Å²) in [6.07, 6.45) is 0. The Hall–Kier alpha value is -0.870. The normalized spacial score (nSPS) is 11.2. The summed E-state index contributed by atoms with van der Waals surface area (Å²) in [6.45, 7) is 9.56. The third-order valence-electron chi connectivity index (χ3n) is 2.42. The van der Waals surface area contributed by atoms with Crippen LogP contribution in [-0.4, -0.2) is 29.6 Å². The molecule has 0 saturated carbocycles. The van der Waals surface area contributed by atoms with Crippen molar-refractivity contribution >= 4 is 29.3 Å². The molecule has 0 unspecified atom stereocenters. The van der Waals surface area contributed by atoms with Gasteiger partial charge in [0.25, 0.3) is 5.91 Å². The zero-order chi connectivity index (χ0) is 15.2. The van der Waals surface area contributed by atoms with Crippen molar-refractivity contribution in [2.24, 2.45) is 0 Å². The van der Waals surface area contributed by atoms with Gasteiger partial charge in [0.05, 0.1) is 11.6 Å². The summed E-state index contributed by atoms with van der Waals surface area (Å²) in [6, 6.07) is 5.09. The molecule has 20 heavy (non-hydrogen) atoms. The van der Waals surface area contributed by atoms with Crippen LogP contribution < -0.4 is 10.1 Å². The second-order valence-corrected chi connectivity index (χ2v) is 7.62. The lowest BCUT2D eigenvalue weighted by Crippen LogP contribution is -2.26. The summed E-state index contributed by atoms with van der Waals surface area (Å²) >= 11 is 7.89. The summed E-state index contributed by atoms with van der Waals surface area (Å²) in [5, 5.41) is 3.35. The fourth-order valence-electron chi connectivity index (χ4n) is 1.54. The maximum Gasteiger partial charge on any atom is 0.251 e. The van der Waals surface area contributed by atoms with Crippen molar-refractivity contribution in [1.29, 1.82) is 0 Å². The number of carbonyl (C=O) groups excluding carboxylic acids is 1. The first-order chi connectivity index (χ1) is 9.33. The van der Waals surface area contributed by atoms with Gasteiger partial charge in [0.1, 0.15) is 5.75 Å². The molecule has 1 aromatic carbocycles. The van der Waals surface area contributed by atoms with E-state index < -0.39 is 0 Å². The van der Waals surface area contributed by atoms with Gasteiger partial charge in [-0.05, 0) is 25.1 Å². The van der Waals surface area contributed by atoms with Gasteiger partial charge in [-0.15, -0.1) is 0 Å². The van der Waals surface area contributed by atoms with Crippen molar-refractivity contribution in [3.05, 3.63) is 28.8 Å². The molecule has 0 aliphatic carbocycles. The maximum atomic E-state index is 12.0. The van der Waals surface area contributed by atoms with Crippen molar-refractivity contribution in [2.45, 2.75) is 32.4 Å². The van der Waals surface area contributed by atoms with Crippen LogP contribution in [0.3, 0.4) is 0 Å². The third-order valence-corrected chi connectivity index (χ3v) is 3.99. The van der Waals surface area contributed by atoms with Gasteiger partial charge in [-0.2, -0.15) is 11.8 Å². The first kappa shape index (κ1) is 17.2. The minimum absolute atomic E-state index is 0.107. The number of hydrogen-bond donors (Lipinski definition) is 1. The number of nitrogens with one attached hydrogen (secondary N) is 1. The molecule has 5 heteroatoms. The average molecular weight is 316 g/mol. The molecule has 1 N–H and O–H groups in total. The maximum absolute atomic E-state index is 12.0. The highest BCUT2D eigenvalue weighted by Gasteiger charge is 2.11. The van der Waals surface area contributed by atoms with Crippen molar-refractivity contribution in [3.8, 4) is 5.75 Å². The number of rotatable bonds is 6. The highest BCUT2D eigenvalue weighted by atomic mass is 35.5. The quantitative estimate of drug-likeness (QED) is 0.806. The number of thioether (sulfide) groups is 1. The van der Waals surface area contributed by atoms with Crippen LogP contribution in [0.5, 0.6) is 5.75 Å². The van der Waals surface area contributed by atoms with Crippen LogP contribution in [0.1, 0.15) is 38.1 Å². The molecule has 0 fully saturated rings. The smallest absolute Gasteiger partial charge is 0.251 e. The summed E-state index contributed by atoms with van der Waals surface area (Å²) in [5.74, 6) is 1.39. The van der Waals surface area contributed by atoms with E-state index in [9.17, 15) is 4.79 Å². The van der Waals surface area contributed by atoms with Crippen molar-refractivity contribution in [2.75, 3.05) is 18.9 Å². The number of benzene rings is 1. The SMILES string of the molecule is CCOc1ccc(C(=O)NCCSC(C)(C)C)cc1Cl. The molecule has 112 valence electrons.